The smallest absolute Gasteiger partial charge is 0.377 e. The second-order valence-electron chi connectivity index (χ2n) is 8.62. The minimum atomic E-state index is -4.37. The van der Waals surface area contributed by atoms with Crippen LogP contribution in [0, 0.1) is 5.92 Å². The molecule has 1 aliphatic carbocycles. The van der Waals surface area contributed by atoms with Gasteiger partial charge in [-0.2, -0.15) is 13.2 Å². The Kier molecular flexibility index (Phi) is 4.13. The van der Waals surface area contributed by atoms with Crippen LogP contribution < -0.4 is 5.32 Å². The SMILES string of the molecule is CC(C)(C)c1ccc([C@@H]2Nc3c(cccc3C(F)(F)F)[C@@H]3C=CC[C@H]32)cc1. The molecule has 0 bridgehead atoms. The number of anilines is 1. The molecule has 0 unspecified atom stereocenters. The lowest BCUT2D eigenvalue weighted by molar-refractivity contribution is -0.137. The molecule has 0 fully saturated rings. The van der Waals surface area contributed by atoms with Crippen LogP contribution in [-0.2, 0) is 11.6 Å². The van der Waals surface area contributed by atoms with E-state index in [2.05, 4.69) is 62.5 Å². The molecule has 27 heavy (non-hydrogen) atoms. The van der Waals surface area contributed by atoms with E-state index in [9.17, 15) is 13.2 Å². The van der Waals surface area contributed by atoms with E-state index >= 15 is 0 Å². The third-order valence-corrected chi connectivity index (χ3v) is 5.84. The van der Waals surface area contributed by atoms with Crippen molar-refractivity contribution in [1.29, 1.82) is 0 Å². The van der Waals surface area contributed by atoms with Crippen LogP contribution in [-0.4, -0.2) is 0 Å². The van der Waals surface area contributed by atoms with E-state index in [0.29, 0.717) is 0 Å². The summed E-state index contributed by atoms with van der Waals surface area (Å²) in [5, 5.41) is 3.26. The van der Waals surface area contributed by atoms with Gasteiger partial charge in [0.15, 0.2) is 0 Å². The van der Waals surface area contributed by atoms with Crippen molar-refractivity contribution in [3.8, 4) is 0 Å². The first-order chi connectivity index (χ1) is 12.7. The van der Waals surface area contributed by atoms with Gasteiger partial charge in [-0.1, -0.05) is 69.3 Å². The van der Waals surface area contributed by atoms with Crippen LogP contribution in [0.5, 0.6) is 0 Å². The van der Waals surface area contributed by atoms with E-state index in [4.69, 9.17) is 0 Å². The molecular weight excluding hydrogens is 347 g/mol. The van der Waals surface area contributed by atoms with E-state index in [1.54, 1.807) is 0 Å². The van der Waals surface area contributed by atoms with Crippen molar-refractivity contribution < 1.29 is 13.2 Å². The first-order valence-electron chi connectivity index (χ1n) is 9.40. The van der Waals surface area contributed by atoms with Gasteiger partial charge in [-0.25, -0.2) is 0 Å². The number of fused-ring (bicyclic) bond motifs is 3. The van der Waals surface area contributed by atoms with Crippen molar-refractivity contribution in [1.82, 2.24) is 0 Å². The highest BCUT2D eigenvalue weighted by molar-refractivity contribution is 5.65. The molecule has 142 valence electrons. The van der Waals surface area contributed by atoms with Crippen LogP contribution in [0.25, 0.3) is 0 Å². The number of benzene rings is 2. The molecule has 1 nitrogen and oxygen atoms in total. The Morgan fingerprint density at radius 3 is 2.30 bits per heavy atom. The maximum Gasteiger partial charge on any atom is 0.418 e. The quantitative estimate of drug-likeness (QED) is 0.542. The van der Waals surface area contributed by atoms with Crippen molar-refractivity contribution in [3.05, 3.63) is 76.9 Å². The van der Waals surface area contributed by atoms with Crippen LogP contribution >= 0.6 is 0 Å². The fraction of sp³-hybridized carbons (Fsp3) is 0.391. The minimum absolute atomic E-state index is 0.0239. The largest absolute Gasteiger partial charge is 0.418 e. The van der Waals surface area contributed by atoms with Crippen LogP contribution in [0.4, 0.5) is 18.9 Å². The van der Waals surface area contributed by atoms with Crippen LogP contribution in [0.2, 0.25) is 0 Å². The lowest BCUT2D eigenvalue weighted by Gasteiger charge is -2.39. The van der Waals surface area contributed by atoms with Crippen molar-refractivity contribution in [2.45, 2.75) is 50.7 Å². The zero-order valence-electron chi connectivity index (χ0n) is 15.8. The molecule has 4 heteroatoms. The number of nitrogens with one attached hydrogen (secondary N) is 1. The molecule has 4 rings (SSSR count). The van der Waals surface area contributed by atoms with E-state index < -0.39 is 11.7 Å². The number of para-hydroxylation sites is 1. The van der Waals surface area contributed by atoms with Crippen molar-refractivity contribution >= 4 is 5.69 Å². The summed E-state index contributed by atoms with van der Waals surface area (Å²) < 4.78 is 40.7. The fourth-order valence-electron chi connectivity index (χ4n) is 4.38. The third-order valence-electron chi connectivity index (χ3n) is 5.84. The molecule has 0 radical (unpaired) electrons. The number of alkyl halides is 3. The number of allylic oxidation sites excluding steroid dienone is 2. The fourth-order valence-corrected chi connectivity index (χ4v) is 4.38. The predicted molar refractivity (Wildman–Crippen MR) is 103 cm³/mol. The standard InChI is InChI=1S/C23H24F3N/c1-22(2,3)15-12-10-14(11-13-15)20-17-7-4-6-16(17)18-8-5-9-19(21(18)27-20)23(24,25)26/h4-6,8-13,16-17,20,27H,7H2,1-3H3/t16-,17-,20+/m1/s1. The van der Waals surface area contributed by atoms with Gasteiger partial charge in [0.05, 0.1) is 17.3 Å². The second-order valence-corrected chi connectivity index (χ2v) is 8.62. The van der Waals surface area contributed by atoms with Gasteiger partial charge in [0.25, 0.3) is 0 Å². The molecule has 0 saturated carbocycles. The Morgan fingerprint density at radius 2 is 1.67 bits per heavy atom. The Hall–Kier alpha value is -2.23. The molecular formula is C23H24F3N. The molecule has 2 aromatic rings. The van der Waals surface area contributed by atoms with Gasteiger partial charge in [-0.05, 0) is 40.5 Å². The molecule has 1 aliphatic heterocycles. The van der Waals surface area contributed by atoms with Crippen LogP contribution in [0.3, 0.4) is 0 Å². The molecule has 0 saturated heterocycles. The molecule has 0 spiro atoms. The summed E-state index contributed by atoms with van der Waals surface area (Å²) in [5.74, 6) is 0.261. The van der Waals surface area contributed by atoms with Gasteiger partial charge in [0.2, 0.25) is 0 Å². The number of halogens is 3. The van der Waals surface area contributed by atoms with E-state index in [-0.39, 0.29) is 29.0 Å². The molecule has 1 heterocycles. The summed E-state index contributed by atoms with van der Waals surface area (Å²) in [7, 11) is 0. The van der Waals surface area contributed by atoms with Crippen molar-refractivity contribution in [2.75, 3.05) is 5.32 Å². The van der Waals surface area contributed by atoms with Crippen LogP contribution in [0.15, 0.2) is 54.6 Å². The minimum Gasteiger partial charge on any atom is -0.377 e. The summed E-state index contributed by atoms with van der Waals surface area (Å²) in [6.45, 7) is 6.47. The highest BCUT2D eigenvalue weighted by atomic mass is 19.4. The zero-order chi connectivity index (χ0) is 19.4. The Labute approximate surface area is 158 Å². The van der Waals surface area contributed by atoms with Gasteiger partial charge >= 0.3 is 6.18 Å². The normalized spacial score (nSPS) is 24.3. The lowest BCUT2D eigenvalue weighted by Crippen LogP contribution is -2.30. The first kappa shape index (κ1) is 18.1. The Bertz CT molecular complexity index is 872. The summed E-state index contributed by atoms with van der Waals surface area (Å²) >= 11 is 0. The van der Waals surface area contributed by atoms with E-state index in [1.165, 1.54) is 17.7 Å². The van der Waals surface area contributed by atoms with Gasteiger partial charge in [0.1, 0.15) is 0 Å². The number of hydrogen-bond donors (Lipinski definition) is 1. The molecule has 2 aromatic carbocycles. The first-order valence-corrected chi connectivity index (χ1v) is 9.40. The lowest BCUT2D eigenvalue weighted by atomic mass is 9.75. The van der Waals surface area contributed by atoms with Gasteiger partial charge in [0, 0.05) is 5.92 Å². The van der Waals surface area contributed by atoms with Crippen molar-refractivity contribution in [3.63, 3.8) is 0 Å². The van der Waals surface area contributed by atoms with Gasteiger partial charge in [-0.3, -0.25) is 0 Å². The molecule has 0 aromatic heterocycles. The summed E-state index contributed by atoms with van der Waals surface area (Å²) in [6.07, 6.45) is 0.678. The topological polar surface area (TPSA) is 12.0 Å². The number of hydrogen-bond acceptors (Lipinski definition) is 1. The summed E-state index contributed by atoms with van der Waals surface area (Å²) in [5.41, 5.74) is 2.74. The maximum absolute atomic E-state index is 13.6. The Morgan fingerprint density at radius 1 is 0.963 bits per heavy atom. The van der Waals surface area contributed by atoms with Crippen molar-refractivity contribution in [2.24, 2.45) is 5.92 Å². The van der Waals surface area contributed by atoms with E-state index in [1.807, 2.05) is 6.07 Å². The maximum atomic E-state index is 13.6. The second kappa shape index (κ2) is 6.15. The summed E-state index contributed by atoms with van der Waals surface area (Å²) in [4.78, 5) is 0. The average molecular weight is 371 g/mol. The van der Waals surface area contributed by atoms with Gasteiger partial charge in [-0.15, -0.1) is 0 Å². The van der Waals surface area contributed by atoms with Crippen LogP contribution in [0.1, 0.15) is 61.4 Å². The number of rotatable bonds is 1. The Balaban J connectivity index is 1.77. The van der Waals surface area contributed by atoms with E-state index in [0.717, 1.165) is 17.5 Å². The third kappa shape index (κ3) is 3.15. The zero-order valence-corrected chi connectivity index (χ0v) is 15.8. The molecule has 2 aliphatic rings. The molecule has 3 atom stereocenters. The highest BCUT2D eigenvalue weighted by Crippen LogP contribution is 2.52. The predicted octanol–water partition coefficient (Wildman–Crippen LogP) is 6.83. The van der Waals surface area contributed by atoms with Gasteiger partial charge < -0.3 is 5.32 Å². The average Bonchev–Trinajstić information content (AvgIpc) is 3.09. The molecule has 0 amide bonds. The highest BCUT2D eigenvalue weighted by Gasteiger charge is 2.42. The summed E-state index contributed by atoms with van der Waals surface area (Å²) in [6, 6.07) is 12.7. The molecule has 1 N–H and O–H groups in total. The monoisotopic (exact) mass is 371 g/mol.